The second-order valence-electron chi connectivity index (χ2n) is 3.78. The fourth-order valence-electron chi connectivity index (χ4n) is 1.72. The number of nitrogens with zero attached hydrogens (tertiary/aromatic N) is 1. The molecule has 1 amide bonds. The largest absolute Gasteiger partial charge is 0.301 e. The molecule has 2 aromatic rings. The van der Waals surface area contributed by atoms with Crippen LogP contribution in [0, 0.1) is 0 Å². The lowest BCUT2D eigenvalue weighted by Crippen LogP contribution is -2.32. The second kappa shape index (κ2) is 5.77. The molecule has 0 aliphatic heterocycles. The molecule has 90 valence electrons. The van der Waals surface area contributed by atoms with Gasteiger partial charge in [0, 0.05) is 11.3 Å². The highest BCUT2D eigenvalue weighted by Crippen LogP contribution is 2.15. The molecule has 0 saturated heterocycles. The molecule has 0 aliphatic rings. The van der Waals surface area contributed by atoms with E-state index in [0.29, 0.717) is 5.56 Å². The average Bonchev–Trinajstić information content (AvgIpc) is 2.46. The Morgan fingerprint density at radius 3 is 2.06 bits per heavy atom. The molecule has 0 spiro atoms. The van der Waals surface area contributed by atoms with Crippen LogP contribution in [0.5, 0.6) is 0 Å². The van der Waals surface area contributed by atoms with Gasteiger partial charge in [-0.3, -0.25) is 4.79 Å². The van der Waals surface area contributed by atoms with E-state index in [-0.39, 0.29) is 12.5 Å². The van der Waals surface area contributed by atoms with Gasteiger partial charge in [-0.05, 0) is 24.3 Å². The highest BCUT2D eigenvalue weighted by molar-refractivity contribution is 6.07. The van der Waals surface area contributed by atoms with E-state index in [1.807, 2.05) is 36.4 Å². The third-order valence-electron chi connectivity index (χ3n) is 2.59. The van der Waals surface area contributed by atoms with Gasteiger partial charge in [-0.25, -0.2) is 0 Å². The van der Waals surface area contributed by atoms with Crippen molar-refractivity contribution >= 4 is 17.9 Å². The van der Waals surface area contributed by atoms with Crippen LogP contribution in [-0.4, -0.2) is 18.7 Å². The van der Waals surface area contributed by atoms with Crippen molar-refractivity contribution in [1.29, 1.82) is 0 Å². The van der Waals surface area contributed by atoms with Crippen LogP contribution in [0.2, 0.25) is 0 Å². The Balaban J connectivity index is 2.32. The number of hydrogen-bond donors (Lipinski definition) is 0. The first-order chi connectivity index (χ1) is 8.83. The summed E-state index contributed by atoms with van der Waals surface area (Å²) in [5.74, 6) is -0.172. The average molecular weight is 239 g/mol. The van der Waals surface area contributed by atoms with Crippen LogP contribution in [0.15, 0.2) is 60.7 Å². The fraction of sp³-hybridized carbons (Fsp3) is 0.0667. The van der Waals surface area contributed by atoms with Crippen molar-refractivity contribution in [1.82, 2.24) is 0 Å². The SMILES string of the molecule is O=CCN(C(=O)c1ccccc1)c1ccccc1. The van der Waals surface area contributed by atoms with E-state index in [1.54, 1.807) is 24.3 Å². The van der Waals surface area contributed by atoms with Crippen LogP contribution < -0.4 is 4.90 Å². The molecule has 0 bridgehead atoms. The number of para-hydroxylation sites is 1. The zero-order valence-corrected chi connectivity index (χ0v) is 9.82. The molecular formula is C15H13NO2. The van der Waals surface area contributed by atoms with E-state index >= 15 is 0 Å². The number of anilines is 1. The van der Waals surface area contributed by atoms with Crippen LogP contribution in [0.1, 0.15) is 10.4 Å². The Morgan fingerprint density at radius 2 is 1.50 bits per heavy atom. The molecule has 0 radical (unpaired) electrons. The zero-order valence-electron chi connectivity index (χ0n) is 9.82. The van der Waals surface area contributed by atoms with Gasteiger partial charge in [0.15, 0.2) is 0 Å². The summed E-state index contributed by atoms with van der Waals surface area (Å²) in [5.41, 5.74) is 1.29. The van der Waals surface area contributed by atoms with E-state index in [1.165, 1.54) is 4.90 Å². The van der Waals surface area contributed by atoms with Gasteiger partial charge < -0.3 is 9.69 Å². The minimum atomic E-state index is -0.172. The third kappa shape index (κ3) is 2.63. The van der Waals surface area contributed by atoms with Gasteiger partial charge in [-0.1, -0.05) is 36.4 Å². The van der Waals surface area contributed by atoms with Gasteiger partial charge in [-0.15, -0.1) is 0 Å². The molecule has 3 heteroatoms. The second-order valence-corrected chi connectivity index (χ2v) is 3.78. The Bertz CT molecular complexity index is 523. The summed E-state index contributed by atoms with van der Waals surface area (Å²) >= 11 is 0. The van der Waals surface area contributed by atoms with Gasteiger partial charge in [0.1, 0.15) is 6.29 Å². The van der Waals surface area contributed by atoms with E-state index in [9.17, 15) is 9.59 Å². The van der Waals surface area contributed by atoms with E-state index in [0.717, 1.165) is 12.0 Å². The normalized spacial score (nSPS) is 9.78. The maximum atomic E-state index is 12.3. The topological polar surface area (TPSA) is 37.4 Å². The summed E-state index contributed by atoms with van der Waals surface area (Å²) in [6, 6.07) is 18.1. The summed E-state index contributed by atoms with van der Waals surface area (Å²) in [5, 5.41) is 0. The molecule has 18 heavy (non-hydrogen) atoms. The molecule has 0 aliphatic carbocycles. The smallest absolute Gasteiger partial charge is 0.258 e. The lowest BCUT2D eigenvalue weighted by molar-refractivity contribution is -0.106. The van der Waals surface area contributed by atoms with Crippen LogP contribution >= 0.6 is 0 Å². The minimum absolute atomic E-state index is 0.0533. The monoisotopic (exact) mass is 239 g/mol. The van der Waals surface area contributed by atoms with Gasteiger partial charge in [-0.2, -0.15) is 0 Å². The lowest BCUT2D eigenvalue weighted by Gasteiger charge is -2.20. The molecule has 2 rings (SSSR count). The van der Waals surface area contributed by atoms with Crippen molar-refractivity contribution in [3.63, 3.8) is 0 Å². The Hall–Kier alpha value is -2.42. The highest BCUT2D eigenvalue weighted by atomic mass is 16.2. The Labute approximate surface area is 106 Å². The maximum absolute atomic E-state index is 12.3. The first-order valence-corrected chi connectivity index (χ1v) is 5.68. The quantitative estimate of drug-likeness (QED) is 0.769. The molecule has 0 aromatic heterocycles. The molecule has 3 nitrogen and oxygen atoms in total. The van der Waals surface area contributed by atoms with Gasteiger partial charge in [0.05, 0.1) is 6.54 Å². The Kier molecular flexibility index (Phi) is 3.86. The minimum Gasteiger partial charge on any atom is -0.301 e. The number of amides is 1. The van der Waals surface area contributed by atoms with Crippen molar-refractivity contribution in [2.24, 2.45) is 0 Å². The summed E-state index contributed by atoms with van der Waals surface area (Å²) < 4.78 is 0. The summed E-state index contributed by atoms with van der Waals surface area (Å²) in [4.78, 5) is 24.5. The predicted octanol–water partition coefficient (Wildman–Crippen LogP) is 2.53. The molecule has 0 N–H and O–H groups in total. The van der Waals surface area contributed by atoms with E-state index in [4.69, 9.17) is 0 Å². The van der Waals surface area contributed by atoms with Crippen LogP contribution in [-0.2, 0) is 4.79 Å². The van der Waals surface area contributed by atoms with Crippen molar-refractivity contribution in [3.8, 4) is 0 Å². The van der Waals surface area contributed by atoms with Crippen LogP contribution in [0.3, 0.4) is 0 Å². The van der Waals surface area contributed by atoms with Crippen molar-refractivity contribution in [2.45, 2.75) is 0 Å². The number of rotatable bonds is 4. The molecule has 0 saturated carbocycles. The van der Waals surface area contributed by atoms with Crippen molar-refractivity contribution in [3.05, 3.63) is 66.2 Å². The first-order valence-electron chi connectivity index (χ1n) is 5.68. The molecule has 0 heterocycles. The molecule has 0 fully saturated rings. The summed E-state index contributed by atoms with van der Waals surface area (Å²) in [7, 11) is 0. The number of carbonyl (C=O) groups is 2. The summed E-state index contributed by atoms with van der Waals surface area (Å²) in [6.07, 6.45) is 0.730. The summed E-state index contributed by atoms with van der Waals surface area (Å²) in [6.45, 7) is 0.0533. The number of aldehydes is 1. The Morgan fingerprint density at radius 1 is 0.944 bits per heavy atom. The van der Waals surface area contributed by atoms with Crippen LogP contribution in [0.4, 0.5) is 5.69 Å². The predicted molar refractivity (Wildman–Crippen MR) is 70.6 cm³/mol. The van der Waals surface area contributed by atoms with Crippen molar-refractivity contribution < 1.29 is 9.59 Å². The molecule has 2 aromatic carbocycles. The number of hydrogen-bond acceptors (Lipinski definition) is 2. The first kappa shape index (κ1) is 12.0. The zero-order chi connectivity index (χ0) is 12.8. The molecule has 0 atom stereocenters. The highest BCUT2D eigenvalue weighted by Gasteiger charge is 2.16. The maximum Gasteiger partial charge on any atom is 0.258 e. The van der Waals surface area contributed by atoms with E-state index < -0.39 is 0 Å². The van der Waals surface area contributed by atoms with Crippen LogP contribution in [0.25, 0.3) is 0 Å². The van der Waals surface area contributed by atoms with Crippen molar-refractivity contribution in [2.75, 3.05) is 11.4 Å². The van der Waals surface area contributed by atoms with Gasteiger partial charge in [0.25, 0.3) is 5.91 Å². The number of benzene rings is 2. The standard InChI is InChI=1S/C15H13NO2/c17-12-11-16(14-9-5-2-6-10-14)15(18)13-7-3-1-4-8-13/h1-10,12H,11H2. The molecular weight excluding hydrogens is 226 g/mol. The third-order valence-corrected chi connectivity index (χ3v) is 2.59. The van der Waals surface area contributed by atoms with E-state index in [2.05, 4.69) is 0 Å². The number of carbonyl (C=O) groups excluding carboxylic acids is 2. The fourth-order valence-corrected chi connectivity index (χ4v) is 1.72. The van der Waals surface area contributed by atoms with Gasteiger partial charge in [0.2, 0.25) is 0 Å². The van der Waals surface area contributed by atoms with Gasteiger partial charge >= 0.3 is 0 Å². The lowest BCUT2D eigenvalue weighted by atomic mass is 10.2. The molecule has 0 unspecified atom stereocenters.